The molecule has 13 heavy (non-hydrogen) atoms. The average molecular weight is 197 g/mol. The summed E-state index contributed by atoms with van der Waals surface area (Å²) in [4.78, 5) is 14.8. The summed E-state index contributed by atoms with van der Waals surface area (Å²) in [5, 5.41) is 3.55. The van der Waals surface area contributed by atoms with Gasteiger partial charge in [0, 0.05) is 17.8 Å². The number of aromatic nitrogens is 1. The van der Waals surface area contributed by atoms with Gasteiger partial charge in [0.15, 0.2) is 0 Å². The normalized spacial score (nSPS) is 20.0. The summed E-state index contributed by atoms with van der Waals surface area (Å²) < 4.78 is 0. The number of nitrogens with one attached hydrogen (secondary N) is 1. The molecule has 0 saturated carbocycles. The lowest BCUT2D eigenvalue weighted by Crippen LogP contribution is -2.12. The number of aldehydes is 1. The highest BCUT2D eigenvalue weighted by atomic mass is 35.5. The number of carbonyl (C=O) groups is 1. The van der Waals surface area contributed by atoms with Gasteiger partial charge in [-0.25, -0.2) is 4.98 Å². The Morgan fingerprint density at radius 1 is 1.77 bits per heavy atom. The molecule has 0 aromatic carbocycles. The first-order valence-corrected chi connectivity index (χ1v) is 4.45. The van der Waals surface area contributed by atoms with Crippen molar-refractivity contribution in [1.82, 2.24) is 10.3 Å². The minimum atomic E-state index is -0.214. The smallest absolute Gasteiger partial charge is 0.141 e. The highest BCUT2D eigenvalue weighted by Crippen LogP contribution is 2.28. The van der Waals surface area contributed by atoms with Crippen LogP contribution in [0.25, 0.3) is 0 Å². The molecule has 0 bridgehead atoms. The van der Waals surface area contributed by atoms with Crippen molar-refractivity contribution in [2.24, 2.45) is 0 Å². The van der Waals surface area contributed by atoms with Crippen LogP contribution in [0.15, 0.2) is 6.07 Å². The fourth-order valence-corrected chi connectivity index (χ4v) is 1.89. The van der Waals surface area contributed by atoms with Crippen molar-refractivity contribution >= 4 is 17.9 Å². The van der Waals surface area contributed by atoms with Gasteiger partial charge in [0.2, 0.25) is 0 Å². The van der Waals surface area contributed by atoms with E-state index < -0.39 is 0 Å². The maximum atomic E-state index is 10.7. The average Bonchev–Trinajstić information content (AvgIpc) is 2.47. The van der Waals surface area contributed by atoms with E-state index in [1.165, 1.54) is 0 Å². The van der Waals surface area contributed by atoms with E-state index in [0.717, 1.165) is 23.1 Å². The molecule has 2 rings (SSSR count). The number of aryl methyl sites for hydroxylation is 1. The third-order valence-electron chi connectivity index (χ3n) is 2.21. The molecule has 1 aromatic rings. The lowest BCUT2D eigenvalue weighted by molar-refractivity contribution is -0.109. The summed E-state index contributed by atoms with van der Waals surface area (Å²) in [7, 11) is 0. The highest BCUT2D eigenvalue weighted by Gasteiger charge is 2.24. The Bertz CT molecular complexity index is 365. The van der Waals surface area contributed by atoms with Crippen LogP contribution in [0.4, 0.5) is 0 Å². The van der Waals surface area contributed by atoms with Crippen LogP contribution in [0.2, 0.25) is 5.15 Å². The van der Waals surface area contributed by atoms with Gasteiger partial charge in [-0.2, -0.15) is 0 Å². The van der Waals surface area contributed by atoms with Gasteiger partial charge in [0.25, 0.3) is 0 Å². The first kappa shape index (κ1) is 8.66. The molecule has 0 aliphatic carbocycles. The van der Waals surface area contributed by atoms with Crippen molar-refractivity contribution in [3.63, 3.8) is 0 Å². The van der Waals surface area contributed by atoms with E-state index in [1.807, 2.05) is 13.0 Å². The number of halogens is 1. The Morgan fingerprint density at radius 2 is 2.54 bits per heavy atom. The van der Waals surface area contributed by atoms with Gasteiger partial charge < -0.3 is 4.79 Å². The van der Waals surface area contributed by atoms with E-state index in [1.54, 1.807) is 0 Å². The molecule has 68 valence electrons. The molecule has 1 aromatic heterocycles. The predicted octanol–water partition coefficient (Wildman–Crippen LogP) is 1.39. The molecule has 1 unspecified atom stereocenters. The Balaban J connectivity index is 2.57. The molecule has 0 radical (unpaired) electrons. The van der Waals surface area contributed by atoms with Gasteiger partial charge in [-0.05, 0) is 18.6 Å². The second-order valence-electron chi connectivity index (χ2n) is 3.12. The van der Waals surface area contributed by atoms with Crippen LogP contribution in [-0.2, 0) is 11.3 Å². The second-order valence-corrected chi connectivity index (χ2v) is 3.47. The molecule has 0 spiro atoms. The number of carbonyl (C=O) groups excluding carboxylic acids is 1. The summed E-state index contributed by atoms with van der Waals surface area (Å²) in [5.41, 5.74) is 2.76. The molecule has 3 nitrogen and oxygen atoms in total. The zero-order valence-electron chi connectivity index (χ0n) is 7.17. The van der Waals surface area contributed by atoms with Gasteiger partial charge in [-0.15, -0.1) is 0 Å². The van der Waals surface area contributed by atoms with Crippen molar-refractivity contribution in [2.45, 2.75) is 19.5 Å². The van der Waals surface area contributed by atoms with Crippen LogP contribution in [0.5, 0.6) is 0 Å². The van der Waals surface area contributed by atoms with Gasteiger partial charge in [0.1, 0.15) is 11.4 Å². The minimum Gasteiger partial charge on any atom is -0.301 e. The van der Waals surface area contributed by atoms with Crippen LogP contribution in [0.3, 0.4) is 0 Å². The SMILES string of the molecule is Cc1cc2c(c(Cl)n1)CNC2C=O. The van der Waals surface area contributed by atoms with E-state index in [9.17, 15) is 4.79 Å². The minimum absolute atomic E-state index is 0.214. The van der Waals surface area contributed by atoms with Gasteiger partial charge >= 0.3 is 0 Å². The third-order valence-corrected chi connectivity index (χ3v) is 2.52. The fourth-order valence-electron chi connectivity index (χ4n) is 1.58. The van der Waals surface area contributed by atoms with E-state index >= 15 is 0 Å². The maximum Gasteiger partial charge on any atom is 0.141 e. The highest BCUT2D eigenvalue weighted by molar-refractivity contribution is 6.30. The largest absolute Gasteiger partial charge is 0.301 e. The van der Waals surface area contributed by atoms with Gasteiger partial charge in [-0.1, -0.05) is 11.6 Å². The van der Waals surface area contributed by atoms with Crippen molar-refractivity contribution < 1.29 is 4.79 Å². The molecule has 1 N–H and O–H groups in total. The molecule has 1 aliphatic heterocycles. The number of rotatable bonds is 1. The van der Waals surface area contributed by atoms with E-state index in [-0.39, 0.29) is 6.04 Å². The third kappa shape index (κ3) is 1.34. The van der Waals surface area contributed by atoms with Crippen molar-refractivity contribution in [3.8, 4) is 0 Å². The number of hydrogen-bond acceptors (Lipinski definition) is 3. The molecule has 0 amide bonds. The molecule has 1 atom stereocenters. The molecule has 2 heterocycles. The lowest BCUT2D eigenvalue weighted by atomic mass is 10.1. The topological polar surface area (TPSA) is 42.0 Å². The van der Waals surface area contributed by atoms with Crippen molar-refractivity contribution in [1.29, 1.82) is 0 Å². The van der Waals surface area contributed by atoms with E-state index in [0.29, 0.717) is 11.7 Å². The van der Waals surface area contributed by atoms with Gasteiger partial charge in [-0.3, -0.25) is 5.32 Å². The molecule has 4 heteroatoms. The Morgan fingerprint density at radius 3 is 3.23 bits per heavy atom. The fraction of sp³-hybridized carbons (Fsp3) is 0.333. The Labute approximate surface area is 81.1 Å². The molecular weight excluding hydrogens is 188 g/mol. The zero-order chi connectivity index (χ0) is 9.42. The standard InChI is InChI=1S/C9H9ClN2O/c1-5-2-6-7(9(10)12-5)3-11-8(6)4-13/h2,4,8,11H,3H2,1H3. The molecule has 0 fully saturated rings. The van der Waals surface area contributed by atoms with Gasteiger partial charge in [0.05, 0.1) is 6.04 Å². The van der Waals surface area contributed by atoms with Crippen molar-refractivity contribution in [3.05, 3.63) is 28.0 Å². The Hall–Kier alpha value is -0.930. The second kappa shape index (κ2) is 3.09. The van der Waals surface area contributed by atoms with E-state index in [4.69, 9.17) is 11.6 Å². The van der Waals surface area contributed by atoms with Crippen LogP contribution in [-0.4, -0.2) is 11.3 Å². The summed E-state index contributed by atoms with van der Waals surface area (Å²) in [5.74, 6) is 0. The number of fused-ring (bicyclic) bond motifs is 1. The molecule has 0 saturated heterocycles. The number of nitrogens with zero attached hydrogens (tertiary/aromatic N) is 1. The summed E-state index contributed by atoms with van der Waals surface area (Å²) in [6.45, 7) is 2.50. The first-order chi connectivity index (χ1) is 6.22. The monoisotopic (exact) mass is 196 g/mol. The number of pyridine rings is 1. The van der Waals surface area contributed by atoms with E-state index in [2.05, 4.69) is 10.3 Å². The summed E-state index contributed by atoms with van der Waals surface area (Å²) in [6.07, 6.45) is 0.890. The predicted molar refractivity (Wildman–Crippen MR) is 49.6 cm³/mol. The lowest BCUT2D eigenvalue weighted by Gasteiger charge is -2.04. The van der Waals surface area contributed by atoms with Crippen LogP contribution >= 0.6 is 11.6 Å². The van der Waals surface area contributed by atoms with Crippen LogP contribution in [0.1, 0.15) is 22.9 Å². The van der Waals surface area contributed by atoms with Crippen LogP contribution < -0.4 is 5.32 Å². The zero-order valence-corrected chi connectivity index (χ0v) is 7.93. The summed E-state index contributed by atoms with van der Waals surface area (Å²) in [6, 6.07) is 1.69. The molecule has 1 aliphatic rings. The summed E-state index contributed by atoms with van der Waals surface area (Å²) >= 11 is 5.93. The Kier molecular flexibility index (Phi) is 2.06. The number of hydrogen-bond donors (Lipinski definition) is 1. The molecular formula is C9H9ClN2O. The maximum absolute atomic E-state index is 10.7. The first-order valence-electron chi connectivity index (χ1n) is 4.07. The van der Waals surface area contributed by atoms with Crippen molar-refractivity contribution in [2.75, 3.05) is 0 Å². The van der Waals surface area contributed by atoms with Crippen LogP contribution in [0, 0.1) is 6.92 Å². The quantitative estimate of drug-likeness (QED) is 0.545.